The van der Waals surface area contributed by atoms with E-state index in [1.165, 1.54) is 0 Å². The highest BCUT2D eigenvalue weighted by Crippen LogP contribution is 2.25. The van der Waals surface area contributed by atoms with Gasteiger partial charge in [-0.1, -0.05) is 0 Å². The number of nitriles is 1. The molecule has 0 fully saturated rings. The van der Waals surface area contributed by atoms with E-state index in [1.54, 1.807) is 36.4 Å². The summed E-state index contributed by atoms with van der Waals surface area (Å²) in [6, 6.07) is 16.8. The topological polar surface area (TPSA) is 88.7 Å². The van der Waals surface area contributed by atoms with E-state index >= 15 is 0 Å². The Hall–Kier alpha value is -3.92. The van der Waals surface area contributed by atoms with Crippen molar-refractivity contribution in [1.82, 2.24) is 19.6 Å². The van der Waals surface area contributed by atoms with Crippen molar-refractivity contribution in [2.45, 2.75) is 0 Å². The molecular weight excluding hydrogens is 328 g/mol. The SMILES string of the molecule is COc1ccc(-c2nc(Nn3cnc4cccnc43)ccc2C#N)cc1. The molecule has 7 nitrogen and oxygen atoms in total. The molecule has 3 heterocycles. The summed E-state index contributed by atoms with van der Waals surface area (Å²) >= 11 is 0. The molecular formula is C19H14N6O. The molecule has 0 amide bonds. The monoisotopic (exact) mass is 342 g/mol. The maximum absolute atomic E-state index is 9.41. The van der Waals surface area contributed by atoms with Crippen LogP contribution in [-0.2, 0) is 0 Å². The molecule has 0 radical (unpaired) electrons. The summed E-state index contributed by atoms with van der Waals surface area (Å²) < 4.78 is 6.88. The van der Waals surface area contributed by atoms with Crippen molar-refractivity contribution in [2.24, 2.45) is 0 Å². The van der Waals surface area contributed by atoms with Gasteiger partial charge in [-0.25, -0.2) is 19.6 Å². The van der Waals surface area contributed by atoms with Crippen LogP contribution in [0.3, 0.4) is 0 Å². The van der Waals surface area contributed by atoms with Gasteiger partial charge in [-0.3, -0.25) is 5.43 Å². The number of hydrogen-bond donors (Lipinski definition) is 1. The fourth-order valence-corrected chi connectivity index (χ4v) is 2.64. The number of anilines is 1. The largest absolute Gasteiger partial charge is 0.497 e. The van der Waals surface area contributed by atoms with Crippen LogP contribution in [0.5, 0.6) is 5.75 Å². The Balaban J connectivity index is 1.73. The van der Waals surface area contributed by atoms with Gasteiger partial charge in [-0.05, 0) is 48.5 Å². The first kappa shape index (κ1) is 15.6. The Labute approximate surface area is 149 Å². The quantitative estimate of drug-likeness (QED) is 0.612. The average Bonchev–Trinajstić information content (AvgIpc) is 3.11. The van der Waals surface area contributed by atoms with Gasteiger partial charge in [0.15, 0.2) is 5.65 Å². The normalized spacial score (nSPS) is 10.5. The lowest BCUT2D eigenvalue weighted by atomic mass is 10.1. The minimum atomic E-state index is 0.495. The first-order valence-corrected chi connectivity index (χ1v) is 7.89. The van der Waals surface area contributed by atoms with E-state index in [2.05, 4.69) is 26.4 Å². The third-order valence-corrected chi connectivity index (χ3v) is 3.92. The van der Waals surface area contributed by atoms with Crippen molar-refractivity contribution < 1.29 is 4.74 Å². The van der Waals surface area contributed by atoms with Gasteiger partial charge >= 0.3 is 0 Å². The van der Waals surface area contributed by atoms with Crippen LogP contribution >= 0.6 is 0 Å². The van der Waals surface area contributed by atoms with Crippen LogP contribution in [0.15, 0.2) is 61.1 Å². The zero-order valence-corrected chi connectivity index (χ0v) is 13.9. The van der Waals surface area contributed by atoms with Gasteiger partial charge in [0.05, 0.1) is 18.4 Å². The maximum atomic E-state index is 9.41. The zero-order chi connectivity index (χ0) is 17.9. The van der Waals surface area contributed by atoms with Crippen LogP contribution in [0.25, 0.3) is 22.4 Å². The average molecular weight is 342 g/mol. The van der Waals surface area contributed by atoms with Crippen molar-refractivity contribution in [3.05, 3.63) is 66.6 Å². The molecule has 126 valence electrons. The summed E-state index contributed by atoms with van der Waals surface area (Å²) in [5, 5.41) is 9.41. The lowest BCUT2D eigenvalue weighted by molar-refractivity contribution is 0.415. The molecule has 7 heteroatoms. The Kier molecular flexibility index (Phi) is 3.92. The fraction of sp³-hybridized carbons (Fsp3) is 0.0526. The van der Waals surface area contributed by atoms with E-state index in [9.17, 15) is 5.26 Å². The van der Waals surface area contributed by atoms with Crippen LogP contribution in [0.4, 0.5) is 5.82 Å². The van der Waals surface area contributed by atoms with E-state index in [0.29, 0.717) is 22.7 Å². The smallest absolute Gasteiger partial charge is 0.179 e. The third kappa shape index (κ3) is 2.80. The second kappa shape index (κ2) is 6.53. The van der Waals surface area contributed by atoms with Gasteiger partial charge in [0.25, 0.3) is 0 Å². The molecule has 4 aromatic rings. The number of rotatable bonds is 4. The summed E-state index contributed by atoms with van der Waals surface area (Å²) in [4.78, 5) is 13.2. The van der Waals surface area contributed by atoms with Gasteiger partial charge in [-0.15, -0.1) is 0 Å². The second-order valence-electron chi connectivity index (χ2n) is 5.51. The number of nitrogens with one attached hydrogen (secondary N) is 1. The molecule has 0 unspecified atom stereocenters. The molecule has 0 saturated carbocycles. The van der Waals surface area contributed by atoms with Crippen molar-refractivity contribution in [1.29, 1.82) is 5.26 Å². The van der Waals surface area contributed by atoms with E-state index in [-0.39, 0.29) is 0 Å². The van der Waals surface area contributed by atoms with Gasteiger partial charge in [0.2, 0.25) is 0 Å². The van der Waals surface area contributed by atoms with Gasteiger partial charge in [-0.2, -0.15) is 5.26 Å². The number of nitrogens with zero attached hydrogens (tertiary/aromatic N) is 5. The number of fused-ring (bicyclic) bond motifs is 1. The minimum absolute atomic E-state index is 0.495. The van der Waals surface area contributed by atoms with Gasteiger partial charge in [0, 0.05) is 11.8 Å². The van der Waals surface area contributed by atoms with Crippen LogP contribution < -0.4 is 10.2 Å². The van der Waals surface area contributed by atoms with Gasteiger partial charge in [0.1, 0.15) is 29.5 Å². The summed E-state index contributed by atoms with van der Waals surface area (Å²) in [7, 11) is 1.61. The molecule has 0 bridgehead atoms. The van der Waals surface area contributed by atoms with Crippen molar-refractivity contribution >= 4 is 17.0 Å². The van der Waals surface area contributed by atoms with Crippen molar-refractivity contribution in [3.8, 4) is 23.1 Å². The fourth-order valence-electron chi connectivity index (χ4n) is 2.64. The van der Waals surface area contributed by atoms with Crippen LogP contribution in [0.1, 0.15) is 5.56 Å². The first-order valence-electron chi connectivity index (χ1n) is 7.89. The van der Waals surface area contributed by atoms with Crippen LogP contribution in [-0.4, -0.2) is 26.7 Å². The summed E-state index contributed by atoms with van der Waals surface area (Å²) in [6.07, 6.45) is 3.35. The van der Waals surface area contributed by atoms with E-state index < -0.39 is 0 Å². The van der Waals surface area contributed by atoms with E-state index in [0.717, 1.165) is 16.8 Å². The number of methoxy groups -OCH3 is 1. The maximum Gasteiger partial charge on any atom is 0.179 e. The second-order valence-corrected chi connectivity index (χ2v) is 5.51. The van der Waals surface area contributed by atoms with Crippen LogP contribution in [0.2, 0.25) is 0 Å². The number of benzene rings is 1. The van der Waals surface area contributed by atoms with Crippen LogP contribution in [0, 0.1) is 11.3 Å². The van der Waals surface area contributed by atoms with Crippen molar-refractivity contribution in [2.75, 3.05) is 12.5 Å². The molecule has 1 aromatic carbocycles. The standard InChI is InChI=1S/C19H14N6O/c1-26-15-7-4-13(5-8-15)18-14(11-20)6-9-17(23-18)24-25-12-22-16-3-2-10-21-19(16)25/h2-10,12H,1H3,(H,23,24). The van der Waals surface area contributed by atoms with E-state index in [4.69, 9.17) is 4.74 Å². The Bertz CT molecular complexity index is 1110. The summed E-state index contributed by atoms with van der Waals surface area (Å²) in [5.74, 6) is 1.33. The number of imidazole rings is 1. The lowest BCUT2D eigenvalue weighted by Crippen LogP contribution is -2.10. The molecule has 0 atom stereocenters. The summed E-state index contributed by atoms with van der Waals surface area (Å²) in [6.45, 7) is 0. The Morgan fingerprint density at radius 2 is 1.92 bits per heavy atom. The molecule has 3 aromatic heterocycles. The molecule has 0 spiro atoms. The third-order valence-electron chi connectivity index (χ3n) is 3.92. The highest BCUT2D eigenvalue weighted by molar-refractivity contribution is 5.72. The zero-order valence-electron chi connectivity index (χ0n) is 13.9. The first-order chi connectivity index (χ1) is 12.8. The molecule has 0 aliphatic heterocycles. The molecule has 0 aliphatic carbocycles. The molecule has 0 saturated heterocycles. The van der Waals surface area contributed by atoms with Crippen molar-refractivity contribution in [3.63, 3.8) is 0 Å². The number of aromatic nitrogens is 4. The Morgan fingerprint density at radius 1 is 1.08 bits per heavy atom. The molecule has 26 heavy (non-hydrogen) atoms. The van der Waals surface area contributed by atoms with E-state index in [1.807, 2.05) is 36.4 Å². The number of pyridine rings is 2. The number of ether oxygens (including phenoxy) is 1. The highest BCUT2D eigenvalue weighted by Gasteiger charge is 2.10. The molecule has 4 rings (SSSR count). The Morgan fingerprint density at radius 3 is 2.69 bits per heavy atom. The van der Waals surface area contributed by atoms with Gasteiger partial charge < -0.3 is 4.74 Å². The predicted octanol–water partition coefficient (Wildman–Crippen LogP) is 3.25. The number of hydrogen-bond acceptors (Lipinski definition) is 6. The lowest BCUT2D eigenvalue weighted by Gasteiger charge is -2.10. The highest BCUT2D eigenvalue weighted by atomic mass is 16.5. The molecule has 1 N–H and O–H groups in total. The predicted molar refractivity (Wildman–Crippen MR) is 97.5 cm³/mol. The molecule has 0 aliphatic rings. The summed E-state index contributed by atoms with van der Waals surface area (Å²) in [5.41, 5.74) is 6.56. The minimum Gasteiger partial charge on any atom is -0.497 e.